The van der Waals surface area contributed by atoms with E-state index in [0.29, 0.717) is 6.42 Å². The predicted molar refractivity (Wildman–Crippen MR) is 116 cm³/mol. The molecule has 4 amide bonds. The first-order valence-electron chi connectivity index (χ1n) is 10.6. The number of nitrogens with two attached hydrogens (primary N) is 2. The molecule has 0 heterocycles. The number of aliphatic carboxylic acids is 1. The number of carbonyl (C=O) groups is 5. The smallest absolute Gasteiger partial charge is 0.328 e. The van der Waals surface area contributed by atoms with Gasteiger partial charge in [0, 0.05) is 6.42 Å². The summed E-state index contributed by atoms with van der Waals surface area (Å²) in [7, 11) is 0. The fourth-order valence-electron chi connectivity index (χ4n) is 2.71. The van der Waals surface area contributed by atoms with Gasteiger partial charge in [-0.1, -0.05) is 34.1 Å². The highest BCUT2D eigenvalue weighted by Gasteiger charge is 2.33. The van der Waals surface area contributed by atoms with Crippen LogP contribution >= 0.6 is 0 Å². The molecule has 12 heteroatoms. The van der Waals surface area contributed by atoms with E-state index in [4.69, 9.17) is 16.6 Å². The zero-order valence-electron chi connectivity index (χ0n) is 19.3. The lowest BCUT2D eigenvalue weighted by molar-refractivity contribution is -0.145. The van der Waals surface area contributed by atoms with Crippen LogP contribution in [0.25, 0.3) is 0 Å². The summed E-state index contributed by atoms with van der Waals surface area (Å²) in [6, 6.07) is -4.80. The highest BCUT2D eigenvalue weighted by atomic mass is 16.4. The van der Waals surface area contributed by atoms with E-state index in [-0.39, 0.29) is 24.7 Å². The predicted octanol–water partition coefficient (Wildman–Crippen LogP) is -1.80. The van der Waals surface area contributed by atoms with Crippen LogP contribution in [0.3, 0.4) is 0 Å². The second-order valence-electron chi connectivity index (χ2n) is 8.27. The highest BCUT2D eigenvalue weighted by Crippen LogP contribution is 2.11. The molecule has 0 saturated carbocycles. The van der Waals surface area contributed by atoms with Gasteiger partial charge >= 0.3 is 5.97 Å². The van der Waals surface area contributed by atoms with Crippen molar-refractivity contribution in [2.75, 3.05) is 0 Å². The summed E-state index contributed by atoms with van der Waals surface area (Å²) in [6.07, 6.45) is -1.35. The van der Waals surface area contributed by atoms with Gasteiger partial charge in [-0.15, -0.1) is 0 Å². The Hall–Kier alpha value is -2.73. The number of hydrogen-bond donors (Lipinski definition) is 7. The van der Waals surface area contributed by atoms with Crippen LogP contribution in [-0.2, 0) is 24.0 Å². The quantitative estimate of drug-likeness (QED) is 0.157. The van der Waals surface area contributed by atoms with Crippen LogP contribution in [0, 0.1) is 11.8 Å². The molecule has 9 N–H and O–H groups in total. The summed E-state index contributed by atoms with van der Waals surface area (Å²) in [5.74, 6) is -4.82. The molecule has 184 valence electrons. The van der Waals surface area contributed by atoms with Crippen molar-refractivity contribution >= 4 is 29.6 Å². The van der Waals surface area contributed by atoms with Gasteiger partial charge < -0.3 is 37.6 Å². The number of carboxylic acids is 1. The Morgan fingerprint density at radius 2 is 1.41 bits per heavy atom. The van der Waals surface area contributed by atoms with E-state index in [0.717, 1.165) is 0 Å². The molecule has 6 unspecified atom stereocenters. The van der Waals surface area contributed by atoms with Crippen molar-refractivity contribution in [3.05, 3.63) is 0 Å². The summed E-state index contributed by atoms with van der Waals surface area (Å²) in [5.41, 5.74) is 11.0. The summed E-state index contributed by atoms with van der Waals surface area (Å²) < 4.78 is 0. The average molecular weight is 460 g/mol. The maximum atomic E-state index is 13.0. The van der Waals surface area contributed by atoms with Gasteiger partial charge in [0.2, 0.25) is 23.6 Å². The SMILES string of the molecule is CCC(C)C(NC(=O)C(N)C(C)C)C(=O)NC(CCC(N)=O)C(=O)NC(C(=O)O)C(C)O. The number of hydrogen-bond acceptors (Lipinski definition) is 7. The molecule has 32 heavy (non-hydrogen) atoms. The Bertz CT molecular complexity index is 683. The van der Waals surface area contributed by atoms with Crippen molar-refractivity contribution in [2.45, 2.75) is 84.2 Å². The Kier molecular flexibility index (Phi) is 12.5. The first-order valence-corrected chi connectivity index (χ1v) is 10.6. The number of carbonyl (C=O) groups excluding carboxylic acids is 4. The molecule has 0 saturated heterocycles. The molecule has 0 fully saturated rings. The molecule has 6 atom stereocenters. The summed E-state index contributed by atoms with van der Waals surface area (Å²) in [4.78, 5) is 60.5. The van der Waals surface area contributed by atoms with Crippen LogP contribution in [0.4, 0.5) is 0 Å². The minimum atomic E-state index is -1.62. The third-order valence-electron chi connectivity index (χ3n) is 5.17. The minimum absolute atomic E-state index is 0.168. The minimum Gasteiger partial charge on any atom is -0.480 e. The van der Waals surface area contributed by atoms with E-state index in [1.165, 1.54) is 6.92 Å². The van der Waals surface area contributed by atoms with Crippen LogP contribution in [0.5, 0.6) is 0 Å². The zero-order chi connectivity index (χ0) is 25.2. The van der Waals surface area contributed by atoms with E-state index < -0.39 is 59.9 Å². The average Bonchev–Trinajstić information content (AvgIpc) is 2.70. The molecule has 0 bridgehead atoms. The van der Waals surface area contributed by atoms with Crippen molar-refractivity contribution in [3.63, 3.8) is 0 Å². The van der Waals surface area contributed by atoms with Crippen LogP contribution in [0.2, 0.25) is 0 Å². The molecule has 0 aliphatic carbocycles. The molecule has 0 aromatic rings. The Labute approximate surface area is 187 Å². The molecule has 0 spiro atoms. The summed E-state index contributed by atoms with van der Waals surface area (Å²) in [5, 5.41) is 25.9. The summed E-state index contributed by atoms with van der Waals surface area (Å²) in [6.45, 7) is 8.25. The number of aliphatic hydroxyl groups excluding tert-OH is 1. The molecule has 0 radical (unpaired) electrons. The molecular formula is C20H37N5O7. The highest BCUT2D eigenvalue weighted by molar-refractivity contribution is 5.94. The van der Waals surface area contributed by atoms with Gasteiger partial charge in [0.25, 0.3) is 0 Å². The normalized spacial score (nSPS) is 16.8. The first kappa shape index (κ1) is 29.3. The number of nitrogens with one attached hydrogen (secondary N) is 3. The van der Waals surface area contributed by atoms with Gasteiger partial charge in [0.1, 0.15) is 12.1 Å². The third kappa shape index (κ3) is 9.60. The lowest BCUT2D eigenvalue weighted by atomic mass is 9.96. The number of amides is 4. The number of primary amides is 1. The van der Waals surface area contributed by atoms with Gasteiger partial charge in [-0.25, -0.2) is 4.79 Å². The van der Waals surface area contributed by atoms with Crippen molar-refractivity contribution in [2.24, 2.45) is 23.3 Å². The monoisotopic (exact) mass is 459 g/mol. The van der Waals surface area contributed by atoms with Crippen LogP contribution < -0.4 is 27.4 Å². The van der Waals surface area contributed by atoms with Crippen molar-refractivity contribution in [3.8, 4) is 0 Å². The largest absolute Gasteiger partial charge is 0.480 e. The molecule has 0 aliphatic heterocycles. The van der Waals surface area contributed by atoms with Gasteiger partial charge in [-0.2, -0.15) is 0 Å². The molecular weight excluding hydrogens is 422 g/mol. The van der Waals surface area contributed by atoms with E-state index in [1.807, 2.05) is 6.92 Å². The van der Waals surface area contributed by atoms with Crippen LogP contribution in [0.15, 0.2) is 0 Å². The van der Waals surface area contributed by atoms with Gasteiger partial charge in [0.15, 0.2) is 6.04 Å². The first-order chi connectivity index (χ1) is 14.7. The number of aliphatic hydroxyl groups is 1. The topological polar surface area (TPSA) is 214 Å². The third-order valence-corrected chi connectivity index (χ3v) is 5.17. The number of carboxylic acid groups (broad SMARTS) is 1. The van der Waals surface area contributed by atoms with Crippen molar-refractivity contribution in [1.82, 2.24) is 16.0 Å². The number of rotatable bonds is 14. The fraction of sp³-hybridized carbons (Fsp3) is 0.750. The lowest BCUT2D eigenvalue weighted by Gasteiger charge is -2.28. The maximum Gasteiger partial charge on any atom is 0.328 e. The molecule has 0 aromatic carbocycles. The second-order valence-corrected chi connectivity index (χ2v) is 8.27. The van der Waals surface area contributed by atoms with E-state index >= 15 is 0 Å². The van der Waals surface area contributed by atoms with Crippen LogP contribution in [-0.4, -0.2) is 70.1 Å². The molecule has 0 aromatic heterocycles. The Morgan fingerprint density at radius 1 is 0.875 bits per heavy atom. The van der Waals surface area contributed by atoms with Crippen molar-refractivity contribution in [1.29, 1.82) is 0 Å². The van der Waals surface area contributed by atoms with Crippen molar-refractivity contribution < 1.29 is 34.2 Å². The maximum absolute atomic E-state index is 13.0. The fourth-order valence-corrected chi connectivity index (χ4v) is 2.71. The van der Waals surface area contributed by atoms with Crippen LogP contribution in [0.1, 0.15) is 53.9 Å². The zero-order valence-corrected chi connectivity index (χ0v) is 19.3. The standard InChI is InChI=1S/C20H37N5O7/c1-6-10(4)15(24-18(29)14(22)9(2)3)19(30)23-12(7-8-13(21)27)17(28)25-16(11(5)26)20(31)32/h9-12,14-16,26H,6-8,22H2,1-5H3,(H2,21,27)(H,23,30)(H,24,29)(H,25,28)(H,31,32). The molecule has 0 rings (SSSR count). The van der Waals surface area contributed by atoms with Gasteiger partial charge in [-0.3, -0.25) is 19.2 Å². The van der Waals surface area contributed by atoms with E-state index in [2.05, 4.69) is 16.0 Å². The lowest BCUT2D eigenvalue weighted by Crippen LogP contribution is -2.59. The molecule has 0 aliphatic rings. The van der Waals surface area contributed by atoms with Gasteiger partial charge in [-0.05, 0) is 25.2 Å². The molecule has 12 nitrogen and oxygen atoms in total. The Morgan fingerprint density at radius 3 is 1.81 bits per heavy atom. The van der Waals surface area contributed by atoms with Gasteiger partial charge in [0.05, 0.1) is 12.1 Å². The second kappa shape index (κ2) is 13.6. The van der Waals surface area contributed by atoms with E-state index in [1.54, 1.807) is 20.8 Å². The summed E-state index contributed by atoms with van der Waals surface area (Å²) >= 11 is 0. The van der Waals surface area contributed by atoms with E-state index in [9.17, 15) is 29.1 Å². The Balaban J connectivity index is 5.63.